The van der Waals surface area contributed by atoms with Crippen LogP contribution in [0.1, 0.15) is 21.8 Å². The van der Waals surface area contributed by atoms with Crippen molar-refractivity contribution in [1.82, 2.24) is 0 Å². The zero-order valence-corrected chi connectivity index (χ0v) is 11.7. The number of carbonyl (C=O) groups excluding carboxylic acids is 1. The molecule has 2 nitrogen and oxygen atoms in total. The van der Waals surface area contributed by atoms with Gasteiger partial charge in [-0.15, -0.1) is 0 Å². The van der Waals surface area contributed by atoms with Crippen molar-refractivity contribution in [3.63, 3.8) is 0 Å². The maximum atomic E-state index is 13.9. The van der Waals surface area contributed by atoms with Crippen LogP contribution in [0.25, 0.3) is 0 Å². The predicted octanol–water partition coefficient (Wildman–Crippen LogP) is 4.22. The molecule has 0 aliphatic carbocycles. The van der Waals surface area contributed by atoms with Crippen molar-refractivity contribution in [2.75, 3.05) is 0 Å². The summed E-state index contributed by atoms with van der Waals surface area (Å²) in [6.45, 7) is 0. The molecule has 2 rings (SSSR count). The molecule has 0 radical (unpaired) electrons. The van der Waals surface area contributed by atoms with E-state index in [-0.39, 0.29) is 15.6 Å². The fourth-order valence-corrected chi connectivity index (χ4v) is 2.19. The van der Waals surface area contributed by atoms with Gasteiger partial charge in [-0.2, -0.15) is 5.26 Å². The summed E-state index contributed by atoms with van der Waals surface area (Å²) < 4.78 is 27.7. The van der Waals surface area contributed by atoms with Gasteiger partial charge in [0.05, 0.1) is 16.1 Å². The van der Waals surface area contributed by atoms with Crippen LogP contribution in [0.5, 0.6) is 0 Å². The molecule has 0 amide bonds. The third kappa shape index (κ3) is 2.61. The summed E-state index contributed by atoms with van der Waals surface area (Å²) in [6.07, 6.45) is 0. The molecule has 0 N–H and O–H groups in total. The topological polar surface area (TPSA) is 40.9 Å². The van der Waals surface area contributed by atoms with Crippen LogP contribution in [0.15, 0.2) is 46.9 Å². The molecule has 2 aromatic rings. The van der Waals surface area contributed by atoms with Gasteiger partial charge in [-0.25, -0.2) is 8.78 Å². The van der Waals surface area contributed by atoms with Crippen molar-refractivity contribution in [1.29, 1.82) is 5.26 Å². The van der Waals surface area contributed by atoms with Gasteiger partial charge in [-0.05, 0) is 34.1 Å². The number of Topliss-reactive ketones (excluding diaryl/α,β-unsaturated/α-hetero) is 1. The molecule has 20 heavy (non-hydrogen) atoms. The van der Waals surface area contributed by atoms with Gasteiger partial charge in [-0.1, -0.05) is 24.3 Å². The highest BCUT2D eigenvalue weighted by Gasteiger charge is 2.27. The fraction of sp³-hybridized carbons (Fsp3) is 0.0667. The third-order valence-corrected chi connectivity index (χ3v) is 3.44. The Bertz CT molecular complexity index is 709. The van der Waals surface area contributed by atoms with Crippen LogP contribution in [0.3, 0.4) is 0 Å². The molecule has 0 aliphatic heterocycles. The van der Waals surface area contributed by atoms with E-state index < -0.39 is 23.3 Å². The number of nitrogens with zero attached hydrogens (tertiary/aromatic N) is 1. The van der Waals surface area contributed by atoms with E-state index in [0.717, 1.165) is 6.07 Å². The van der Waals surface area contributed by atoms with Gasteiger partial charge in [-0.3, -0.25) is 4.79 Å². The summed E-state index contributed by atoms with van der Waals surface area (Å²) in [7, 11) is 0. The van der Waals surface area contributed by atoms with Gasteiger partial charge in [0.2, 0.25) is 0 Å². The van der Waals surface area contributed by atoms with Crippen LogP contribution in [0.2, 0.25) is 0 Å². The highest BCUT2D eigenvalue weighted by Crippen LogP contribution is 2.26. The first kappa shape index (κ1) is 14.4. The number of ketones is 1. The molecule has 0 saturated heterocycles. The van der Waals surface area contributed by atoms with E-state index in [1.165, 1.54) is 36.4 Å². The first-order valence-electron chi connectivity index (χ1n) is 5.68. The Morgan fingerprint density at radius 3 is 2.50 bits per heavy atom. The van der Waals surface area contributed by atoms with Gasteiger partial charge in [0.25, 0.3) is 0 Å². The van der Waals surface area contributed by atoms with E-state index in [4.69, 9.17) is 5.26 Å². The van der Waals surface area contributed by atoms with Crippen molar-refractivity contribution >= 4 is 21.7 Å². The van der Waals surface area contributed by atoms with Crippen molar-refractivity contribution in [2.45, 2.75) is 5.92 Å². The first-order valence-corrected chi connectivity index (χ1v) is 6.48. The first-order chi connectivity index (χ1) is 9.56. The van der Waals surface area contributed by atoms with Crippen LogP contribution < -0.4 is 0 Å². The third-order valence-electron chi connectivity index (χ3n) is 2.82. The molecule has 1 atom stereocenters. The van der Waals surface area contributed by atoms with Crippen LogP contribution in [0, 0.1) is 23.0 Å². The highest BCUT2D eigenvalue weighted by atomic mass is 79.9. The minimum Gasteiger partial charge on any atom is -0.292 e. The lowest BCUT2D eigenvalue weighted by atomic mass is 9.91. The Morgan fingerprint density at radius 1 is 1.15 bits per heavy atom. The molecular weight excluding hydrogens is 328 g/mol. The maximum absolute atomic E-state index is 13.9. The van der Waals surface area contributed by atoms with E-state index in [1.54, 1.807) is 6.07 Å². The van der Waals surface area contributed by atoms with Gasteiger partial charge < -0.3 is 0 Å². The van der Waals surface area contributed by atoms with Crippen LogP contribution in [0.4, 0.5) is 8.78 Å². The van der Waals surface area contributed by atoms with Gasteiger partial charge in [0, 0.05) is 5.56 Å². The summed E-state index contributed by atoms with van der Waals surface area (Å²) >= 11 is 2.97. The van der Waals surface area contributed by atoms with Gasteiger partial charge in [0.1, 0.15) is 17.6 Å². The second kappa shape index (κ2) is 5.93. The van der Waals surface area contributed by atoms with E-state index in [1.807, 2.05) is 0 Å². The standard InChI is InChI=1S/C15H8BrF2NO/c16-12-6-3-5-10(14(12)18)15(20)11(8-19)9-4-1-2-7-13(9)17/h1-7,11H. The molecule has 0 saturated carbocycles. The SMILES string of the molecule is N#CC(C(=O)c1cccc(Br)c1F)c1ccccc1F. The van der Waals surface area contributed by atoms with Crippen molar-refractivity contribution < 1.29 is 13.6 Å². The van der Waals surface area contributed by atoms with Gasteiger partial charge in [0.15, 0.2) is 5.78 Å². The lowest BCUT2D eigenvalue weighted by molar-refractivity contribution is 0.0973. The molecule has 0 fully saturated rings. The highest BCUT2D eigenvalue weighted by molar-refractivity contribution is 9.10. The summed E-state index contributed by atoms with van der Waals surface area (Å²) in [5, 5.41) is 9.12. The lowest BCUT2D eigenvalue weighted by Gasteiger charge is -2.10. The second-order valence-electron chi connectivity index (χ2n) is 4.05. The van der Waals surface area contributed by atoms with Crippen molar-refractivity contribution in [2.24, 2.45) is 0 Å². The summed E-state index contributed by atoms with van der Waals surface area (Å²) in [4.78, 5) is 12.3. The number of rotatable bonds is 3. The molecule has 100 valence electrons. The number of nitriles is 1. The molecule has 0 heterocycles. The number of carbonyl (C=O) groups is 1. The molecule has 2 aromatic carbocycles. The molecule has 1 unspecified atom stereocenters. The lowest BCUT2D eigenvalue weighted by Crippen LogP contribution is -2.14. The molecule has 0 spiro atoms. The Hall–Kier alpha value is -2.06. The zero-order valence-electron chi connectivity index (χ0n) is 10.1. The van der Waals surface area contributed by atoms with Crippen molar-refractivity contribution in [3.05, 3.63) is 69.7 Å². The number of hydrogen-bond acceptors (Lipinski definition) is 2. The molecular formula is C15H8BrF2NO. The number of benzene rings is 2. The Morgan fingerprint density at radius 2 is 1.85 bits per heavy atom. The predicted molar refractivity (Wildman–Crippen MR) is 73.2 cm³/mol. The molecule has 5 heteroatoms. The smallest absolute Gasteiger partial charge is 0.187 e. The summed E-state index contributed by atoms with van der Waals surface area (Å²) in [5.41, 5.74) is -0.298. The Kier molecular flexibility index (Phi) is 4.26. The van der Waals surface area contributed by atoms with E-state index >= 15 is 0 Å². The monoisotopic (exact) mass is 335 g/mol. The average Bonchev–Trinajstić information content (AvgIpc) is 2.44. The normalized spacial score (nSPS) is 11.7. The average molecular weight is 336 g/mol. The summed E-state index contributed by atoms with van der Waals surface area (Å²) in [6, 6.07) is 11.4. The second-order valence-corrected chi connectivity index (χ2v) is 4.90. The molecule has 0 bridgehead atoms. The quantitative estimate of drug-likeness (QED) is 0.788. The van der Waals surface area contributed by atoms with E-state index in [0.29, 0.717) is 0 Å². The van der Waals surface area contributed by atoms with Crippen molar-refractivity contribution in [3.8, 4) is 6.07 Å². The largest absolute Gasteiger partial charge is 0.292 e. The zero-order chi connectivity index (χ0) is 14.7. The molecule has 0 aromatic heterocycles. The minimum atomic E-state index is -1.38. The van der Waals surface area contributed by atoms with Crippen LogP contribution >= 0.6 is 15.9 Å². The van der Waals surface area contributed by atoms with Gasteiger partial charge >= 0.3 is 0 Å². The molecule has 0 aliphatic rings. The maximum Gasteiger partial charge on any atom is 0.187 e. The number of halogens is 3. The summed E-state index contributed by atoms with van der Waals surface area (Å²) in [5.74, 6) is -3.56. The fourth-order valence-electron chi connectivity index (χ4n) is 1.83. The minimum absolute atomic E-state index is 0.0561. The Balaban J connectivity index is 2.49. The Labute approximate surface area is 122 Å². The van der Waals surface area contributed by atoms with Crippen LogP contribution in [-0.4, -0.2) is 5.78 Å². The van der Waals surface area contributed by atoms with E-state index in [2.05, 4.69) is 15.9 Å². The van der Waals surface area contributed by atoms with Crippen LogP contribution in [-0.2, 0) is 0 Å². The number of hydrogen-bond donors (Lipinski definition) is 0. The van der Waals surface area contributed by atoms with E-state index in [9.17, 15) is 13.6 Å².